The lowest BCUT2D eigenvalue weighted by Crippen LogP contribution is -2.43. The highest BCUT2D eigenvalue weighted by atomic mass is 19.2. The number of benzene rings is 3. The van der Waals surface area contributed by atoms with E-state index in [1.807, 2.05) is 24.3 Å². The number of aromatic nitrogens is 2. The number of methoxy groups -OCH3 is 2. The van der Waals surface area contributed by atoms with Crippen LogP contribution in [-0.4, -0.2) is 41.2 Å². The van der Waals surface area contributed by atoms with E-state index in [0.717, 1.165) is 23.4 Å². The van der Waals surface area contributed by atoms with E-state index < -0.39 is 17.7 Å². The maximum Gasteiger partial charge on any atom is 0.322 e. The first-order valence-corrected chi connectivity index (χ1v) is 12.5. The molecule has 0 saturated carbocycles. The summed E-state index contributed by atoms with van der Waals surface area (Å²) in [4.78, 5) is 33.0. The number of hydrogen-bond acceptors (Lipinski definition) is 6. The van der Waals surface area contributed by atoms with E-state index in [4.69, 9.17) is 14.5 Å². The van der Waals surface area contributed by atoms with Crippen LogP contribution in [0.4, 0.5) is 25.2 Å². The van der Waals surface area contributed by atoms with E-state index >= 15 is 0 Å². The van der Waals surface area contributed by atoms with Crippen LogP contribution in [0.2, 0.25) is 0 Å². The number of fused-ring (bicyclic) bond motifs is 1. The zero-order chi connectivity index (χ0) is 28.2. The van der Waals surface area contributed by atoms with E-state index in [2.05, 4.69) is 10.6 Å². The zero-order valence-corrected chi connectivity index (χ0v) is 21.9. The van der Waals surface area contributed by atoms with Crippen LogP contribution in [0.25, 0.3) is 5.69 Å². The molecular weight excluding hydrogens is 520 g/mol. The van der Waals surface area contributed by atoms with E-state index in [-0.39, 0.29) is 17.8 Å². The Hall–Kier alpha value is -4.93. The second-order valence-corrected chi connectivity index (χ2v) is 9.13. The molecule has 0 atom stereocenters. The first kappa shape index (κ1) is 26.7. The number of nitrogens with zero attached hydrogens (tertiary/aromatic N) is 3. The van der Waals surface area contributed by atoms with Gasteiger partial charge in [-0.05, 0) is 54.1 Å². The van der Waals surface area contributed by atoms with Crippen LogP contribution in [0.3, 0.4) is 0 Å². The van der Waals surface area contributed by atoms with Gasteiger partial charge in [-0.2, -0.15) is 0 Å². The van der Waals surface area contributed by atoms with Gasteiger partial charge >= 0.3 is 6.03 Å². The van der Waals surface area contributed by atoms with Crippen molar-refractivity contribution in [2.24, 2.45) is 0 Å². The first-order chi connectivity index (χ1) is 19.4. The fourth-order valence-corrected chi connectivity index (χ4v) is 4.44. The maximum atomic E-state index is 13.9. The Labute approximate surface area is 229 Å². The molecule has 9 nitrogen and oxygen atoms in total. The number of anilines is 2. The van der Waals surface area contributed by atoms with Gasteiger partial charge in [0.05, 0.1) is 37.7 Å². The molecule has 1 aliphatic rings. The predicted octanol–water partition coefficient (Wildman–Crippen LogP) is 4.73. The predicted molar refractivity (Wildman–Crippen MR) is 146 cm³/mol. The number of carbonyl (C=O) groups is 1. The summed E-state index contributed by atoms with van der Waals surface area (Å²) in [6.45, 7) is 0.707. The maximum absolute atomic E-state index is 13.9. The third-order valence-corrected chi connectivity index (χ3v) is 6.63. The molecule has 2 N–H and O–H groups in total. The number of carbonyl (C=O) groups excluding carboxylic acids is 1. The lowest BCUT2D eigenvalue weighted by atomic mass is 10.1. The first-order valence-electron chi connectivity index (χ1n) is 12.5. The van der Waals surface area contributed by atoms with Crippen LogP contribution in [-0.2, 0) is 19.5 Å². The molecule has 2 amide bonds. The molecule has 1 aromatic heterocycles. The molecule has 2 heterocycles. The van der Waals surface area contributed by atoms with Gasteiger partial charge in [0, 0.05) is 31.3 Å². The molecule has 0 bridgehead atoms. The molecule has 0 saturated heterocycles. The fourth-order valence-electron chi connectivity index (χ4n) is 4.44. The van der Waals surface area contributed by atoms with Gasteiger partial charge in [-0.25, -0.2) is 23.1 Å². The molecule has 4 aromatic rings. The largest absolute Gasteiger partial charge is 0.497 e. The summed E-state index contributed by atoms with van der Waals surface area (Å²) in [7, 11) is 3.16. The number of urea groups is 1. The summed E-state index contributed by atoms with van der Waals surface area (Å²) >= 11 is 0. The normalized spacial score (nSPS) is 12.4. The van der Waals surface area contributed by atoms with Gasteiger partial charge in [0.1, 0.15) is 11.5 Å². The lowest BCUT2D eigenvalue weighted by Gasteiger charge is -2.29. The molecular formula is C29H27F2N5O4. The standard InChI is InChI=1S/C29H27F2N5O4/c1-39-21-8-3-18(4-9-21)16-32-28-34-26-13-14-35(29(38)33-19-5-12-24(30)25(31)15-19)17-23(26)27(37)36(28)20-6-10-22(40-2)11-7-20/h3-12,15H,13-14,16-17H2,1-2H3,(H,32,34)(H,33,38). The summed E-state index contributed by atoms with van der Waals surface area (Å²) in [5.41, 5.74) is 2.29. The Morgan fingerprint density at radius 3 is 2.27 bits per heavy atom. The number of ether oxygens (including phenoxy) is 2. The second-order valence-electron chi connectivity index (χ2n) is 9.13. The lowest BCUT2D eigenvalue weighted by molar-refractivity contribution is 0.205. The minimum atomic E-state index is -1.07. The van der Waals surface area contributed by atoms with Crippen molar-refractivity contribution in [3.05, 3.63) is 106 Å². The summed E-state index contributed by atoms with van der Waals surface area (Å²) < 4.78 is 38.8. The van der Waals surface area contributed by atoms with Crippen LogP contribution in [0.5, 0.6) is 11.5 Å². The van der Waals surface area contributed by atoms with Crippen molar-refractivity contribution in [3.63, 3.8) is 0 Å². The van der Waals surface area contributed by atoms with Crippen molar-refractivity contribution >= 4 is 17.7 Å². The summed E-state index contributed by atoms with van der Waals surface area (Å²) in [5, 5.41) is 5.85. The van der Waals surface area contributed by atoms with Gasteiger partial charge in [0.25, 0.3) is 5.56 Å². The quantitative estimate of drug-likeness (QED) is 0.347. The van der Waals surface area contributed by atoms with Gasteiger partial charge in [-0.15, -0.1) is 0 Å². The van der Waals surface area contributed by atoms with Gasteiger partial charge in [0.15, 0.2) is 11.6 Å². The number of halogens is 2. The van der Waals surface area contributed by atoms with Gasteiger partial charge < -0.3 is 25.0 Å². The third kappa shape index (κ3) is 5.58. The van der Waals surface area contributed by atoms with Crippen LogP contribution in [0.15, 0.2) is 71.5 Å². The molecule has 0 fully saturated rings. The molecule has 0 spiro atoms. The van der Waals surface area contributed by atoms with Gasteiger partial charge in [-0.3, -0.25) is 4.79 Å². The number of rotatable bonds is 7. The highest BCUT2D eigenvalue weighted by Crippen LogP contribution is 2.23. The topological polar surface area (TPSA) is 97.7 Å². The molecule has 1 aliphatic heterocycles. The SMILES string of the molecule is COc1ccc(CNc2nc3c(c(=O)n2-c2ccc(OC)cc2)CN(C(=O)Nc2ccc(F)c(F)c2)CC3)cc1. The Balaban J connectivity index is 1.45. The van der Waals surface area contributed by atoms with Crippen molar-refractivity contribution < 1.29 is 23.0 Å². The summed E-state index contributed by atoms with van der Waals surface area (Å²) in [6, 6.07) is 17.1. The average Bonchev–Trinajstić information content (AvgIpc) is 2.98. The average molecular weight is 548 g/mol. The Morgan fingerprint density at radius 1 is 0.950 bits per heavy atom. The van der Waals surface area contributed by atoms with Gasteiger partial charge in [0.2, 0.25) is 5.95 Å². The second kappa shape index (κ2) is 11.4. The molecule has 3 aromatic carbocycles. The minimum absolute atomic E-state index is 0.00555. The molecule has 0 aliphatic carbocycles. The van der Waals surface area contributed by atoms with Crippen molar-refractivity contribution in [2.75, 3.05) is 31.4 Å². The van der Waals surface area contributed by atoms with Crippen molar-refractivity contribution in [3.8, 4) is 17.2 Å². The minimum Gasteiger partial charge on any atom is -0.497 e. The van der Waals surface area contributed by atoms with Crippen molar-refractivity contribution in [1.82, 2.24) is 14.5 Å². The Morgan fingerprint density at radius 2 is 1.62 bits per heavy atom. The third-order valence-electron chi connectivity index (χ3n) is 6.63. The monoisotopic (exact) mass is 547 g/mol. The molecule has 0 unspecified atom stereocenters. The van der Waals surface area contributed by atoms with Crippen LogP contribution in [0, 0.1) is 11.6 Å². The van der Waals surface area contributed by atoms with Crippen molar-refractivity contribution in [1.29, 1.82) is 0 Å². The van der Waals surface area contributed by atoms with E-state index in [9.17, 15) is 18.4 Å². The number of amides is 2. The highest BCUT2D eigenvalue weighted by molar-refractivity contribution is 5.89. The Kier molecular flexibility index (Phi) is 7.63. The van der Waals surface area contributed by atoms with Crippen LogP contribution < -0.4 is 25.7 Å². The molecule has 206 valence electrons. The number of hydrogen-bond donors (Lipinski definition) is 2. The molecule has 11 heteroatoms. The smallest absolute Gasteiger partial charge is 0.322 e. The molecule has 0 radical (unpaired) electrons. The summed E-state index contributed by atoms with van der Waals surface area (Å²) in [6.07, 6.45) is 0.344. The molecule has 40 heavy (non-hydrogen) atoms. The van der Waals surface area contributed by atoms with E-state index in [1.165, 1.54) is 15.5 Å². The summed E-state index contributed by atoms with van der Waals surface area (Å²) in [5.74, 6) is -0.335. The Bertz CT molecular complexity index is 1590. The van der Waals surface area contributed by atoms with Crippen LogP contribution >= 0.6 is 0 Å². The number of nitrogens with one attached hydrogen (secondary N) is 2. The van der Waals surface area contributed by atoms with E-state index in [1.54, 1.807) is 38.5 Å². The van der Waals surface area contributed by atoms with Crippen LogP contribution in [0.1, 0.15) is 16.8 Å². The van der Waals surface area contributed by atoms with E-state index in [0.29, 0.717) is 48.2 Å². The highest BCUT2D eigenvalue weighted by Gasteiger charge is 2.27. The van der Waals surface area contributed by atoms with Crippen molar-refractivity contribution in [2.45, 2.75) is 19.5 Å². The zero-order valence-electron chi connectivity index (χ0n) is 21.9. The van der Waals surface area contributed by atoms with Gasteiger partial charge in [-0.1, -0.05) is 12.1 Å². The fraction of sp³-hybridized carbons (Fsp3) is 0.207. The molecule has 5 rings (SSSR count).